The summed E-state index contributed by atoms with van der Waals surface area (Å²) in [7, 11) is 0. The van der Waals surface area contributed by atoms with Crippen molar-refractivity contribution in [1.29, 1.82) is 0 Å². The van der Waals surface area contributed by atoms with Gasteiger partial charge in [-0.3, -0.25) is 9.69 Å². The van der Waals surface area contributed by atoms with E-state index < -0.39 is 5.97 Å². The first kappa shape index (κ1) is 18.1. The predicted octanol–water partition coefficient (Wildman–Crippen LogP) is 1.94. The van der Waals surface area contributed by atoms with Crippen molar-refractivity contribution in [3.8, 4) is 0 Å². The van der Waals surface area contributed by atoms with Crippen molar-refractivity contribution < 1.29 is 23.6 Å². The van der Waals surface area contributed by atoms with Crippen LogP contribution in [0.5, 0.6) is 0 Å². The Morgan fingerprint density at radius 2 is 1.96 bits per heavy atom. The average Bonchev–Trinajstić information content (AvgIpc) is 3.12. The van der Waals surface area contributed by atoms with Gasteiger partial charge in [-0.05, 0) is 31.2 Å². The van der Waals surface area contributed by atoms with Gasteiger partial charge in [0.05, 0.1) is 31.9 Å². The minimum Gasteiger partial charge on any atom is -0.462 e. The zero-order valence-electron chi connectivity index (χ0n) is 14.6. The maximum absolute atomic E-state index is 12.3. The van der Waals surface area contributed by atoms with Crippen LogP contribution in [0.3, 0.4) is 0 Å². The lowest BCUT2D eigenvalue weighted by Gasteiger charge is -2.25. The fraction of sp³-hybridized carbons (Fsp3) is 0.389. The summed E-state index contributed by atoms with van der Waals surface area (Å²) in [6.07, 6.45) is 0. The van der Waals surface area contributed by atoms with Gasteiger partial charge in [0.25, 0.3) is 5.91 Å². The van der Waals surface area contributed by atoms with E-state index in [2.05, 4.69) is 15.4 Å². The fourth-order valence-corrected chi connectivity index (χ4v) is 2.57. The molecule has 1 aliphatic heterocycles. The quantitative estimate of drug-likeness (QED) is 0.788. The fourth-order valence-electron chi connectivity index (χ4n) is 2.57. The van der Waals surface area contributed by atoms with Crippen LogP contribution in [0, 0.1) is 0 Å². The number of hydrogen-bond donors (Lipinski definition) is 1. The first-order valence-corrected chi connectivity index (χ1v) is 8.50. The van der Waals surface area contributed by atoms with Crippen LogP contribution in [-0.2, 0) is 16.0 Å². The number of benzene rings is 1. The zero-order chi connectivity index (χ0) is 18.4. The summed E-state index contributed by atoms with van der Waals surface area (Å²) in [5, 5.41) is 6.55. The molecule has 1 aliphatic rings. The maximum atomic E-state index is 12.3. The molecule has 1 saturated heterocycles. The summed E-state index contributed by atoms with van der Waals surface area (Å²) in [6.45, 7) is 5.71. The van der Waals surface area contributed by atoms with Crippen LogP contribution in [0.1, 0.15) is 33.5 Å². The van der Waals surface area contributed by atoms with Crippen LogP contribution in [-0.4, -0.2) is 54.8 Å². The zero-order valence-corrected chi connectivity index (χ0v) is 14.6. The van der Waals surface area contributed by atoms with Crippen LogP contribution < -0.4 is 5.32 Å². The molecule has 0 unspecified atom stereocenters. The summed E-state index contributed by atoms with van der Waals surface area (Å²) in [4.78, 5) is 26.1. The highest BCUT2D eigenvalue weighted by molar-refractivity contribution is 6.03. The SMILES string of the molecule is CCOC(=O)c1ccc(NC(=O)c2cc(CN3CCOCC3)on2)cc1. The van der Waals surface area contributed by atoms with Crippen molar-refractivity contribution in [2.75, 3.05) is 38.2 Å². The van der Waals surface area contributed by atoms with Crippen molar-refractivity contribution in [2.24, 2.45) is 0 Å². The number of esters is 1. The molecule has 1 N–H and O–H groups in total. The number of carbonyl (C=O) groups excluding carboxylic acids is 2. The van der Waals surface area contributed by atoms with Crippen molar-refractivity contribution in [1.82, 2.24) is 10.1 Å². The Labute approximate surface area is 151 Å². The van der Waals surface area contributed by atoms with Gasteiger partial charge in [0, 0.05) is 24.8 Å². The molecule has 1 aromatic carbocycles. The van der Waals surface area contributed by atoms with E-state index in [0.29, 0.717) is 43.4 Å². The first-order chi connectivity index (χ1) is 12.7. The second-order valence-corrected chi connectivity index (χ2v) is 5.82. The van der Waals surface area contributed by atoms with Gasteiger partial charge in [-0.1, -0.05) is 5.16 Å². The lowest BCUT2D eigenvalue weighted by atomic mass is 10.2. The van der Waals surface area contributed by atoms with Crippen LogP contribution >= 0.6 is 0 Å². The van der Waals surface area contributed by atoms with E-state index in [1.807, 2.05) is 0 Å². The summed E-state index contributed by atoms with van der Waals surface area (Å²) in [6, 6.07) is 8.11. The molecule has 1 aromatic heterocycles. The third-order valence-electron chi connectivity index (χ3n) is 3.93. The molecule has 3 rings (SSSR count). The van der Waals surface area contributed by atoms with Gasteiger partial charge >= 0.3 is 5.97 Å². The number of carbonyl (C=O) groups is 2. The molecular formula is C18H21N3O5. The van der Waals surface area contributed by atoms with E-state index >= 15 is 0 Å². The number of nitrogens with one attached hydrogen (secondary N) is 1. The van der Waals surface area contributed by atoms with Gasteiger partial charge in [0.1, 0.15) is 0 Å². The standard InChI is InChI=1S/C18H21N3O5/c1-2-25-18(23)13-3-5-14(6-4-13)19-17(22)16-11-15(26-20-16)12-21-7-9-24-10-8-21/h3-6,11H,2,7-10,12H2,1H3,(H,19,22). The van der Waals surface area contributed by atoms with E-state index in [-0.39, 0.29) is 11.6 Å². The van der Waals surface area contributed by atoms with E-state index in [1.165, 1.54) is 0 Å². The third kappa shape index (κ3) is 4.68. The van der Waals surface area contributed by atoms with Crippen molar-refractivity contribution in [3.63, 3.8) is 0 Å². The topological polar surface area (TPSA) is 93.9 Å². The molecule has 2 heterocycles. The highest BCUT2D eigenvalue weighted by atomic mass is 16.5. The number of rotatable bonds is 6. The molecule has 0 spiro atoms. The number of hydrogen-bond acceptors (Lipinski definition) is 7. The van der Waals surface area contributed by atoms with E-state index in [0.717, 1.165) is 13.1 Å². The Bertz CT molecular complexity index is 750. The van der Waals surface area contributed by atoms with Gasteiger partial charge < -0.3 is 19.3 Å². The monoisotopic (exact) mass is 359 g/mol. The van der Waals surface area contributed by atoms with Crippen LogP contribution in [0.4, 0.5) is 5.69 Å². The Morgan fingerprint density at radius 1 is 1.23 bits per heavy atom. The average molecular weight is 359 g/mol. The number of aromatic nitrogens is 1. The third-order valence-corrected chi connectivity index (χ3v) is 3.93. The highest BCUT2D eigenvalue weighted by Gasteiger charge is 2.17. The minimum absolute atomic E-state index is 0.211. The Morgan fingerprint density at radius 3 is 2.65 bits per heavy atom. The Hall–Kier alpha value is -2.71. The second kappa shape index (κ2) is 8.59. The van der Waals surface area contributed by atoms with Crippen LogP contribution in [0.25, 0.3) is 0 Å². The molecule has 0 atom stereocenters. The lowest BCUT2D eigenvalue weighted by Crippen LogP contribution is -2.35. The van der Waals surface area contributed by atoms with Crippen molar-refractivity contribution >= 4 is 17.6 Å². The van der Waals surface area contributed by atoms with Gasteiger partial charge in [-0.25, -0.2) is 4.79 Å². The van der Waals surface area contributed by atoms with Gasteiger partial charge in [0.15, 0.2) is 11.5 Å². The molecular weight excluding hydrogens is 338 g/mol. The Balaban J connectivity index is 1.57. The number of nitrogens with zero attached hydrogens (tertiary/aromatic N) is 2. The van der Waals surface area contributed by atoms with E-state index in [4.69, 9.17) is 14.0 Å². The molecule has 8 heteroatoms. The lowest BCUT2D eigenvalue weighted by molar-refractivity contribution is 0.0305. The molecule has 1 fully saturated rings. The smallest absolute Gasteiger partial charge is 0.338 e. The number of morpholine rings is 1. The number of ether oxygens (including phenoxy) is 2. The Kier molecular flexibility index (Phi) is 5.98. The summed E-state index contributed by atoms with van der Waals surface area (Å²) in [5.41, 5.74) is 1.20. The summed E-state index contributed by atoms with van der Waals surface area (Å²) >= 11 is 0. The summed E-state index contributed by atoms with van der Waals surface area (Å²) < 4.78 is 15.5. The first-order valence-electron chi connectivity index (χ1n) is 8.50. The normalized spacial score (nSPS) is 14.8. The highest BCUT2D eigenvalue weighted by Crippen LogP contribution is 2.14. The molecule has 1 amide bonds. The number of amides is 1. The van der Waals surface area contributed by atoms with Crippen molar-refractivity contribution in [3.05, 3.63) is 47.3 Å². The van der Waals surface area contributed by atoms with Crippen LogP contribution in [0.15, 0.2) is 34.9 Å². The molecule has 0 saturated carbocycles. The second-order valence-electron chi connectivity index (χ2n) is 5.82. The van der Waals surface area contributed by atoms with Gasteiger partial charge in [-0.2, -0.15) is 0 Å². The molecule has 138 valence electrons. The molecule has 26 heavy (non-hydrogen) atoms. The van der Waals surface area contributed by atoms with Crippen molar-refractivity contribution in [2.45, 2.75) is 13.5 Å². The molecule has 0 radical (unpaired) electrons. The van der Waals surface area contributed by atoms with E-state index in [9.17, 15) is 9.59 Å². The van der Waals surface area contributed by atoms with Gasteiger partial charge in [0.2, 0.25) is 0 Å². The van der Waals surface area contributed by atoms with Crippen LogP contribution in [0.2, 0.25) is 0 Å². The molecule has 2 aromatic rings. The maximum Gasteiger partial charge on any atom is 0.338 e. The van der Waals surface area contributed by atoms with Gasteiger partial charge in [-0.15, -0.1) is 0 Å². The van der Waals surface area contributed by atoms with E-state index in [1.54, 1.807) is 37.3 Å². The minimum atomic E-state index is -0.394. The largest absolute Gasteiger partial charge is 0.462 e. The number of anilines is 1. The summed E-state index contributed by atoms with van der Waals surface area (Å²) in [5.74, 6) is -0.129. The predicted molar refractivity (Wildman–Crippen MR) is 93.0 cm³/mol. The molecule has 8 nitrogen and oxygen atoms in total. The molecule has 0 bridgehead atoms. The molecule has 0 aliphatic carbocycles.